The fourth-order valence-electron chi connectivity index (χ4n) is 2.17. The molecule has 0 aliphatic heterocycles. The fraction of sp³-hybridized carbons (Fsp3) is 0.400. The SMILES string of the molecule is CSCC(C)(O)CNc1cc(C)nc2ccc(N)cc12. The highest BCUT2D eigenvalue weighted by Crippen LogP contribution is 2.26. The fourth-order valence-corrected chi connectivity index (χ4v) is 2.89. The van der Waals surface area contributed by atoms with Crippen molar-refractivity contribution >= 4 is 34.0 Å². The van der Waals surface area contributed by atoms with E-state index >= 15 is 0 Å². The molecule has 4 nitrogen and oxygen atoms in total. The normalized spacial score (nSPS) is 14.2. The minimum atomic E-state index is -0.747. The van der Waals surface area contributed by atoms with Gasteiger partial charge in [0.2, 0.25) is 0 Å². The molecule has 0 aliphatic carbocycles. The van der Waals surface area contributed by atoms with Gasteiger partial charge in [0.05, 0.1) is 11.1 Å². The van der Waals surface area contributed by atoms with Crippen LogP contribution in [0.25, 0.3) is 10.9 Å². The van der Waals surface area contributed by atoms with Crippen molar-refractivity contribution in [3.05, 3.63) is 30.0 Å². The number of aryl methyl sites for hydroxylation is 1. The number of hydrogen-bond donors (Lipinski definition) is 3. The summed E-state index contributed by atoms with van der Waals surface area (Å²) < 4.78 is 0. The first-order valence-electron chi connectivity index (χ1n) is 6.53. The molecule has 0 bridgehead atoms. The lowest BCUT2D eigenvalue weighted by Crippen LogP contribution is -2.36. The average Bonchev–Trinajstić information content (AvgIpc) is 2.36. The van der Waals surface area contributed by atoms with Crippen molar-refractivity contribution in [2.45, 2.75) is 19.4 Å². The highest BCUT2D eigenvalue weighted by Gasteiger charge is 2.19. The van der Waals surface area contributed by atoms with Crippen LogP contribution in [0.4, 0.5) is 11.4 Å². The lowest BCUT2D eigenvalue weighted by molar-refractivity contribution is 0.0997. The van der Waals surface area contributed by atoms with Crippen LogP contribution >= 0.6 is 11.8 Å². The number of fused-ring (bicyclic) bond motifs is 1. The molecule has 1 atom stereocenters. The number of benzene rings is 1. The van der Waals surface area contributed by atoms with Gasteiger partial charge in [-0.25, -0.2) is 0 Å². The van der Waals surface area contributed by atoms with E-state index in [9.17, 15) is 5.11 Å². The van der Waals surface area contributed by atoms with Crippen molar-refractivity contribution in [3.63, 3.8) is 0 Å². The highest BCUT2D eigenvalue weighted by molar-refractivity contribution is 7.98. The van der Waals surface area contributed by atoms with Crippen molar-refractivity contribution in [1.82, 2.24) is 4.98 Å². The molecule has 0 radical (unpaired) electrons. The molecule has 2 aromatic rings. The number of rotatable bonds is 5. The molecule has 0 spiro atoms. The lowest BCUT2D eigenvalue weighted by atomic mass is 10.1. The van der Waals surface area contributed by atoms with Gasteiger partial charge in [0.15, 0.2) is 0 Å². The molecule has 0 amide bonds. The smallest absolute Gasteiger partial charge is 0.0880 e. The Kier molecular flexibility index (Phi) is 4.40. The van der Waals surface area contributed by atoms with E-state index in [2.05, 4.69) is 10.3 Å². The number of thioether (sulfide) groups is 1. The van der Waals surface area contributed by atoms with Gasteiger partial charge in [-0.15, -0.1) is 0 Å². The number of nitrogens with one attached hydrogen (secondary N) is 1. The second-order valence-corrected chi connectivity index (χ2v) is 6.24. The molecule has 108 valence electrons. The zero-order valence-electron chi connectivity index (χ0n) is 12.1. The van der Waals surface area contributed by atoms with Gasteiger partial charge in [-0.2, -0.15) is 11.8 Å². The third kappa shape index (κ3) is 3.55. The van der Waals surface area contributed by atoms with E-state index in [0.29, 0.717) is 18.0 Å². The van der Waals surface area contributed by atoms with Gasteiger partial charge < -0.3 is 16.2 Å². The predicted molar refractivity (Wildman–Crippen MR) is 88.4 cm³/mol. The molecule has 1 heterocycles. The van der Waals surface area contributed by atoms with E-state index in [4.69, 9.17) is 5.73 Å². The molecule has 4 N–H and O–H groups in total. The number of anilines is 2. The molecule has 0 aliphatic rings. The number of aliphatic hydroxyl groups is 1. The Bertz CT molecular complexity index is 613. The molecule has 0 fully saturated rings. The topological polar surface area (TPSA) is 71.2 Å². The second-order valence-electron chi connectivity index (χ2n) is 5.37. The Morgan fingerprint density at radius 3 is 2.85 bits per heavy atom. The number of hydrogen-bond acceptors (Lipinski definition) is 5. The third-order valence-corrected chi connectivity index (χ3v) is 3.99. The summed E-state index contributed by atoms with van der Waals surface area (Å²) in [5, 5.41) is 14.6. The third-order valence-electron chi connectivity index (χ3n) is 3.08. The Hall–Kier alpha value is -1.46. The molecule has 5 heteroatoms. The predicted octanol–water partition coefficient (Wildman–Crippen LogP) is 2.65. The van der Waals surface area contributed by atoms with Gasteiger partial charge in [-0.05, 0) is 44.4 Å². The number of nitrogens with zero attached hydrogens (tertiary/aromatic N) is 1. The van der Waals surface area contributed by atoms with E-state index < -0.39 is 5.60 Å². The van der Waals surface area contributed by atoms with Gasteiger partial charge in [0, 0.05) is 34.8 Å². The van der Waals surface area contributed by atoms with Crippen molar-refractivity contribution in [2.75, 3.05) is 29.6 Å². The van der Waals surface area contributed by atoms with Crippen molar-refractivity contribution in [1.29, 1.82) is 0 Å². The first-order chi connectivity index (χ1) is 9.41. The molecule has 0 saturated heterocycles. The van der Waals surface area contributed by atoms with Crippen LogP contribution in [-0.4, -0.2) is 34.2 Å². The van der Waals surface area contributed by atoms with Crippen molar-refractivity contribution in [3.8, 4) is 0 Å². The van der Waals surface area contributed by atoms with E-state index in [1.165, 1.54) is 0 Å². The Balaban J connectivity index is 2.31. The minimum Gasteiger partial charge on any atom is -0.399 e. The first-order valence-corrected chi connectivity index (χ1v) is 7.93. The summed E-state index contributed by atoms with van der Waals surface area (Å²) >= 11 is 1.63. The van der Waals surface area contributed by atoms with E-state index in [0.717, 1.165) is 22.3 Å². The average molecular weight is 291 g/mol. The maximum absolute atomic E-state index is 10.2. The van der Waals surface area contributed by atoms with Crippen LogP contribution in [0.5, 0.6) is 0 Å². The summed E-state index contributed by atoms with van der Waals surface area (Å²) in [6, 6.07) is 7.66. The Labute approximate surface area is 123 Å². The summed E-state index contributed by atoms with van der Waals surface area (Å²) in [4.78, 5) is 4.50. The van der Waals surface area contributed by atoms with Crippen LogP contribution in [0.2, 0.25) is 0 Å². The van der Waals surface area contributed by atoms with Gasteiger partial charge in [0.1, 0.15) is 0 Å². The molecule has 1 aromatic carbocycles. The van der Waals surface area contributed by atoms with E-state index in [-0.39, 0.29) is 0 Å². The summed E-state index contributed by atoms with van der Waals surface area (Å²) in [5.41, 5.74) is 8.62. The van der Waals surface area contributed by atoms with Crippen LogP contribution in [0, 0.1) is 6.92 Å². The Morgan fingerprint density at radius 1 is 1.40 bits per heavy atom. The first kappa shape index (κ1) is 14.9. The van der Waals surface area contributed by atoms with Crippen molar-refractivity contribution in [2.24, 2.45) is 0 Å². The van der Waals surface area contributed by atoms with Crippen LogP contribution < -0.4 is 11.1 Å². The van der Waals surface area contributed by atoms with E-state index in [1.54, 1.807) is 11.8 Å². The quantitative estimate of drug-likeness (QED) is 0.739. The maximum Gasteiger partial charge on any atom is 0.0880 e. The summed E-state index contributed by atoms with van der Waals surface area (Å²) in [5.74, 6) is 0.685. The molecular formula is C15H21N3OS. The summed E-state index contributed by atoms with van der Waals surface area (Å²) in [7, 11) is 0. The van der Waals surface area contributed by atoms with Gasteiger partial charge >= 0.3 is 0 Å². The number of aromatic nitrogens is 1. The van der Waals surface area contributed by atoms with Gasteiger partial charge in [0.25, 0.3) is 0 Å². The van der Waals surface area contributed by atoms with Crippen LogP contribution in [0.3, 0.4) is 0 Å². The molecule has 20 heavy (non-hydrogen) atoms. The van der Waals surface area contributed by atoms with Gasteiger partial charge in [-0.3, -0.25) is 4.98 Å². The lowest BCUT2D eigenvalue weighted by Gasteiger charge is -2.23. The molecular weight excluding hydrogens is 270 g/mol. The van der Waals surface area contributed by atoms with Crippen LogP contribution in [-0.2, 0) is 0 Å². The highest BCUT2D eigenvalue weighted by atomic mass is 32.2. The summed E-state index contributed by atoms with van der Waals surface area (Å²) in [6.07, 6.45) is 1.99. The van der Waals surface area contributed by atoms with Gasteiger partial charge in [-0.1, -0.05) is 0 Å². The summed E-state index contributed by atoms with van der Waals surface area (Å²) in [6.45, 7) is 4.28. The standard InChI is InChI=1S/C15H21N3OS/c1-10-6-14(17-8-15(2,19)9-20-3)12-7-11(16)4-5-13(12)18-10/h4-7,19H,8-9,16H2,1-3H3,(H,17,18). The largest absolute Gasteiger partial charge is 0.399 e. The molecule has 1 unspecified atom stereocenters. The second kappa shape index (κ2) is 5.89. The maximum atomic E-state index is 10.2. The monoisotopic (exact) mass is 291 g/mol. The number of pyridine rings is 1. The molecule has 2 rings (SSSR count). The van der Waals surface area contributed by atoms with Crippen LogP contribution in [0.15, 0.2) is 24.3 Å². The zero-order chi connectivity index (χ0) is 14.8. The minimum absolute atomic E-state index is 0.487. The number of nitrogens with two attached hydrogens (primary N) is 1. The molecule has 1 aromatic heterocycles. The van der Waals surface area contributed by atoms with E-state index in [1.807, 2.05) is 44.4 Å². The van der Waals surface area contributed by atoms with Crippen LogP contribution in [0.1, 0.15) is 12.6 Å². The van der Waals surface area contributed by atoms with Crippen molar-refractivity contribution < 1.29 is 5.11 Å². The molecule has 0 saturated carbocycles. The zero-order valence-corrected chi connectivity index (χ0v) is 12.9. The number of nitrogen functional groups attached to an aromatic ring is 1. The Morgan fingerprint density at radius 2 is 2.15 bits per heavy atom.